The fourth-order valence-electron chi connectivity index (χ4n) is 2.41. The maximum atomic E-state index is 5.32. The first-order valence-corrected chi connectivity index (χ1v) is 7.06. The molecule has 1 aliphatic rings. The first kappa shape index (κ1) is 13.5. The van der Waals surface area contributed by atoms with Crippen molar-refractivity contribution < 1.29 is 4.52 Å². The van der Waals surface area contributed by atoms with E-state index in [1.54, 1.807) is 0 Å². The summed E-state index contributed by atoms with van der Waals surface area (Å²) >= 11 is 0. The van der Waals surface area contributed by atoms with E-state index in [0.717, 1.165) is 57.3 Å². The molecule has 0 radical (unpaired) electrons. The highest BCUT2D eigenvalue weighted by Gasteiger charge is 2.18. The Morgan fingerprint density at radius 3 is 2.89 bits per heavy atom. The minimum Gasteiger partial charge on any atom is -0.339 e. The lowest BCUT2D eigenvalue weighted by atomic mass is 10.1. The van der Waals surface area contributed by atoms with E-state index in [-0.39, 0.29) is 0 Å². The van der Waals surface area contributed by atoms with Crippen LogP contribution in [0, 0.1) is 5.92 Å². The normalized spacial score (nSPS) is 19.8. The first-order chi connectivity index (χ1) is 8.81. The van der Waals surface area contributed by atoms with Crippen molar-refractivity contribution in [2.75, 3.05) is 32.7 Å². The molecule has 0 aromatic carbocycles. The standard InChI is InChI=1S/C13H24N4O/c1-3-17(4-2)8-6-12-15-13(18-16-12)9-11-5-7-14-10-11/h11,14H,3-10H2,1-2H3. The molecule has 1 fully saturated rings. The lowest BCUT2D eigenvalue weighted by Gasteiger charge is -2.16. The van der Waals surface area contributed by atoms with Crippen molar-refractivity contribution in [2.24, 2.45) is 5.92 Å². The van der Waals surface area contributed by atoms with E-state index in [4.69, 9.17) is 4.52 Å². The van der Waals surface area contributed by atoms with Crippen molar-refractivity contribution in [2.45, 2.75) is 33.1 Å². The van der Waals surface area contributed by atoms with Gasteiger partial charge in [0.25, 0.3) is 0 Å². The van der Waals surface area contributed by atoms with Crippen LogP contribution in [0.2, 0.25) is 0 Å². The summed E-state index contributed by atoms with van der Waals surface area (Å²) in [6.45, 7) is 9.72. The quantitative estimate of drug-likeness (QED) is 0.787. The number of nitrogens with zero attached hydrogens (tertiary/aromatic N) is 3. The molecule has 2 rings (SSSR count). The maximum absolute atomic E-state index is 5.32. The summed E-state index contributed by atoms with van der Waals surface area (Å²) in [7, 11) is 0. The highest BCUT2D eigenvalue weighted by atomic mass is 16.5. The molecule has 1 aliphatic heterocycles. The Morgan fingerprint density at radius 2 is 2.22 bits per heavy atom. The van der Waals surface area contributed by atoms with Crippen LogP contribution in [0.4, 0.5) is 0 Å². The predicted molar refractivity (Wildman–Crippen MR) is 70.5 cm³/mol. The van der Waals surface area contributed by atoms with Crippen molar-refractivity contribution >= 4 is 0 Å². The summed E-state index contributed by atoms with van der Waals surface area (Å²) in [5.41, 5.74) is 0. The summed E-state index contributed by atoms with van der Waals surface area (Å²) < 4.78 is 5.32. The van der Waals surface area contributed by atoms with E-state index in [0.29, 0.717) is 5.92 Å². The summed E-state index contributed by atoms with van der Waals surface area (Å²) in [6, 6.07) is 0. The van der Waals surface area contributed by atoms with Crippen molar-refractivity contribution in [3.8, 4) is 0 Å². The largest absolute Gasteiger partial charge is 0.339 e. The molecule has 0 bridgehead atoms. The molecular formula is C13H24N4O. The Bertz CT molecular complexity index is 343. The molecule has 18 heavy (non-hydrogen) atoms. The predicted octanol–water partition coefficient (Wildman–Crippen LogP) is 1.11. The van der Waals surface area contributed by atoms with Gasteiger partial charge in [-0.2, -0.15) is 4.98 Å². The van der Waals surface area contributed by atoms with E-state index in [1.807, 2.05) is 0 Å². The van der Waals surface area contributed by atoms with E-state index in [9.17, 15) is 0 Å². The smallest absolute Gasteiger partial charge is 0.226 e. The highest BCUT2D eigenvalue weighted by molar-refractivity contribution is 4.90. The molecule has 5 nitrogen and oxygen atoms in total. The topological polar surface area (TPSA) is 54.2 Å². The van der Waals surface area contributed by atoms with Gasteiger partial charge < -0.3 is 14.7 Å². The molecule has 0 saturated carbocycles. The molecule has 0 amide bonds. The van der Waals surface area contributed by atoms with Crippen molar-refractivity contribution in [1.29, 1.82) is 0 Å². The Kier molecular flexibility index (Phi) is 5.13. The summed E-state index contributed by atoms with van der Waals surface area (Å²) in [4.78, 5) is 6.85. The molecule has 1 unspecified atom stereocenters. The minimum absolute atomic E-state index is 0.668. The van der Waals surface area contributed by atoms with Crippen LogP contribution in [0.5, 0.6) is 0 Å². The van der Waals surface area contributed by atoms with Crippen molar-refractivity contribution in [3.05, 3.63) is 11.7 Å². The van der Waals surface area contributed by atoms with Gasteiger partial charge in [-0.1, -0.05) is 19.0 Å². The zero-order valence-corrected chi connectivity index (χ0v) is 11.5. The van der Waals surface area contributed by atoms with Crippen molar-refractivity contribution in [3.63, 3.8) is 0 Å². The average molecular weight is 252 g/mol. The summed E-state index contributed by atoms with van der Waals surface area (Å²) in [5.74, 6) is 2.32. The average Bonchev–Trinajstić information content (AvgIpc) is 3.03. The zero-order valence-electron chi connectivity index (χ0n) is 11.5. The van der Waals surface area contributed by atoms with Crippen LogP contribution in [0.15, 0.2) is 4.52 Å². The van der Waals surface area contributed by atoms with Gasteiger partial charge in [-0.25, -0.2) is 0 Å². The van der Waals surface area contributed by atoms with Gasteiger partial charge in [0.2, 0.25) is 5.89 Å². The Labute approximate surface area is 109 Å². The van der Waals surface area contributed by atoms with Gasteiger partial charge in [-0.05, 0) is 38.5 Å². The molecule has 1 saturated heterocycles. The second kappa shape index (κ2) is 6.85. The van der Waals surface area contributed by atoms with Gasteiger partial charge in [0.15, 0.2) is 5.82 Å². The number of hydrogen-bond donors (Lipinski definition) is 1. The molecule has 0 aliphatic carbocycles. The second-order valence-corrected chi connectivity index (χ2v) is 4.94. The third-order valence-electron chi connectivity index (χ3n) is 3.68. The van der Waals surface area contributed by atoms with Gasteiger partial charge in [0, 0.05) is 19.4 Å². The van der Waals surface area contributed by atoms with Crippen LogP contribution in [0.1, 0.15) is 32.0 Å². The third kappa shape index (κ3) is 3.78. The Hall–Kier alpha value is -0.940. The van der Waals surface area contributed by atoms with E-state index >= 15 is 0 Å². The lowest BCUT2D eigenvalue weighted by Crippen LogP contribution is -2.25. The molecule has 0 spiro atoms. The molecule has 5 heteroatoms. The Balaban J connectivity index is 1.78. The number of likely N-dealkylation sites (N-methyl/N-ethyl adjacent to an activating group) is 1. The van der Waals surface area contributed by atoms with E-state index in [2.05, 4.69) is 34.2 Å². The molecule has 1 atom stereocenters. The SMILES string of the molecule is CCN(CC)CCc1noc(CC2CCNC2)n1. The lowest BCUT2D eigenvalue weighted by molar-refractivity contribution is 0.302. The second-order valence-electron chi connectivity index (χ2n) is 4.94. The highest BCUT2D eigenvalue weighted by Crippen LogP contribution is 2.13. The maximum Gasteiger partial charge on any atom is 0.226 e. The fraction of sp³-hybridized carbons (Fsp3) is 0.846. The van der Waals surface area contributed by atoms with Gasteiger partial charge in [0.1, 0.15) is 0 Å². The molecule has 2 heterocycles. The monoisotopic (exact) mass is 252 g/mol. The molecular weight excluding hydrogens is 228 g/mol. The van der Waals surface area contributed by atoms with Gasteiger partial charge in [-0.15, -0.1) is 0 Å². The van der Waals surface area contributed by atoms with Gasteiger partial charge in [0.05, 0.1) is 0 Å². The molecule has 1 aromatic heterocycles. The van der Waals surface area contributed by atoms with Crippen molar-refractivity contribution in [1.82, 2.24) is 20.4 Å². The van der Waals surface area contributed by atoms with E-state index < -0.39 is 0 Å². The third-order valence-corrected chi connectivity index (χ3v) is 3.68. The van der Waals surface area contributed by atoms with Crippen LogP contribution in [-0.4, -0.2) is 47.8 Å². The minimum atomic E-state index is 0.668. The summed E-state index contributed by atoms with van der Waals surface area (Å²) in [5, 5.41) is 7.42. The number of hydrogen-bond acceptors (Lipinski definition) is 5. The first-order valence-electron chi connectivity index (χ1n) is 7.06. The van der Waals surface area contributed by atoms with Gasteiger partial charge >= 0.3 is 0 Å². The van der Waals surface area contributed by atoms with Crippen LogP contribution >= 0.6 is 0 Å². The van der Waals surface area contributed by atoms with Crippen LogP contribution in [0.3, 0.4) is 0 Å². The van der Waals surface area contributed by atoms with Crippen LogP contribution in [-0.2, 0) is 12.8 Å². The number of nitrogens with one attached hydrogen (secondary N) is 1. The molecule has 1 aromatic rings. The summed E-state index contributed by atoms with van der Waals surface area (Å²) in [6.07, 6.45) is 3.02. The van der Waals surface area contributed by atoms with Crippen LogP contribution in [0.25, 0.3) is 0 Å². The van der Waals surface area contributed by atoms with Crippen LogP contribution < -0.4 is 5.32 Å². The fourth-order valence-corrected chi connectivity index (χ4v) is 2.41. The van der Waals surface area contributed by atoms with Gasteiger partial charge in [-0.3, -0.25) is 0 Å². The zero-order chi connectivity index (χ0) is 12.8. The molecule has 1 N–H and O–H groups in total. The number of aromatic nitrogens is 2. The number of rotatable bonds is 7. The molecule has 102 valence electrons. The van der Waals surface area contributed by atoms with E-state index in [1.165, 1.54) is 6.42 Å². The Morgan fingerprint density at radius 1 is 1.39 bits per heavy atom.